The normalized spacial score (nSPS) is 18.3. The Morgan fingerprint density at radius 1 is 1.50 bits per heavy atom. The highest BCUT2D eigenvalue weighted by Crippen LogP contribution is 2.09. The molecule has 0 saturated carbocycles. The Balaban J connectivity index is 2.42. The van der Waals surface area contributed by atoms with Crippen molar-refractivity contribution in [3.63, 3.8) is 0 Å². The molecule has 1 N–H and O–H groups in total. The summed E-state index contributed by atoms with van der Waals surface area (Å²) < 4.78 is 0. The summed E-state index contributed by atoms with van der Waals surface area (Å²) in [7, 11) is 0. The number of piperidine rings is 1. The van der Waals surface area contributed by atoms with Gasteiger partial charge >= 0.3 is 0 Å². The Bertz CT molecular complexity index is 218. The van der Waals surface area contributed by atoms with E-state index in [9.17, 15) is 4.79 Å². The minimum atomic E-state index is -0.233. The Hall–Kier alpha value is -1.01. The molecule has 1 fully saturated rings. The molecule has 1 aliphatic rings. The van der Waals surface area contributed by atoms with E-state index in [1.807, 2.05) is 0 Å². The number of hydrogen-bond acceptors (Lipinski definition) is 2. The zero-order chi connectivity index (χ0) is 8.97. The van der Waals surface area contributed by atoms with Gasteiger partial charge in [0.1, 0.15) is 0 Å². The standard InChI is InChI=1S/C9H13NO2/c1-2-3-9(12)10-6-4-8(11)5-7-10/h8,11H,4-7H2,1H3. The van der Waals surface area contributed by atoms with Gasteiger partial charge in [-0.05, 0) is 25.7 Å². The molecule has 1 heterocycles. The first-order valence-electron chi connectivity index (χ1n) is 4.13. The molecule has 0 aromatic carbocycles. The highest BCUT2D eigenvalue weighted by Gasteiger charge is 2.19. The van der Waals surface area contributed by atoms with Crippen molar-refractivity contribution in [1.82, 2.24) is 4.90 Å². The molecule has 1 saturated heterocycles. The van der Waals surface area contributed by atoms with Gasteiger partial charge in [0.15, 0.2) is 0 Å². The van der Waals surface area contributed by atoms with Crippen LogP contribution in [0.5, 0.6) is 0 Å². The van der Waals surface area contributed by atoms with E-state index in [0.717, 1.165) is 0 Å². The second-order valence-electron chi connectivity index (χ2n) is 2.90. The fraction of sp³-hybridized carbons (Fsp3) is 0.667. The number of carbonyl (C=O) groups is 1. The summed E-state index contributed by atoms with van der Waals surface area (Å²) in [5.41, 5.74) is 0. The molecule has 12 heavy (non-hydrogen) atoms. The molecule has 0 bridgehead atoms. The molecule has 0 atom stereocenters. The van der Waals surface area contributed by atoms with Gasteiger partial charge in [-0.2, -0.15) is 0 Å². The summed E-state index contributed by atoms with van der Waals surface area (Å²) in [4.78, 5) is 12.9. The largest absolute Gasteiger partial charge is 0.393 e. The number of nitrogens with zero attached hydrogens (tertiary/aromatic N) is 1. The third kappa shape index (κ3) is 2.24. The van der Waals surface area contributed by atoms with Crippen LogP contribution >= 0.6 is 0 Å². The molecule has 0 aromatic rings. The number of amides is 1. The molecule has 3 heteroatoms. The van der Waals surface area contributed by atoms with Crippen molar-refractivity contribution in [2.24, 2.45) is 0 Å². The highest BCUT2D eigenvalue weighted by molar-refractivity contribution is 5.93. The fourth-order valence-corrected chi connectivity index (χ4v) is 1.25. The van der Waals surface area contributed by atoms with Crippen molar-refractivity contribution in [3.05, 3.63) is 0 Å². The third-order valence-corrected chi connectivity index (χ3v) is 1.98. The average molecular weight is 167 g/mol. The van der Waals surface area contributed by atoms with E-state index in [4.69, 9.17) is 5.11 Å². The van der Waals surface area contributed by atoms with Crippen LogP contribution in [-0.2, 0) is 4.79 Å². The number of aliphatic hydroxyl groups is 1. The molecule has 66 valence electrons. The number of hydrogen-bond donors (Lipinski definition) is 1. The van der Waals surface area contributed by atoms with E-state index in [1.54, 1.807) is 11.8 Å². The predicted molar refractivity (Wildman–Crippen MR) is 45.3 cm³/mol. The van der Waals surface area contributed by atoms with Crippen LogP contribution in [0.3, 0.4) is 0 Å². The van der Waals surface area contributed by atoms with Gasteiger partial charge in [0, 0.05) is 13.1 Å². The van der Waals surface area contributed by atoms with E-state index in [-0.39, 0.29) is 12.0 Å². The lowest BCUT2D eigenvalue weighted by Crippen LogP contribution is -2.39. The quantitative estimate of drug-likeness (QED) is 0.516. The van der Waals surface area contributed by atoms with Crippen LogP contribution in [-0.4, -0.2) is 35.1 Å². The Morgan fingerprint density at radius 2 is 2.08 bits per heavy atom. The molecule has 0 aromatic heterocycles. The van der Waals surface area contributed by atoms with Crippen molar-refractivity contribution >= 4 is 5.91 Å². The van der Waals surface area contributed by atoms with Gasteiger partial charge in [-0.25, -0.2) is 0 Å². The Morgan fingerprint density at radius 3 is 2.58 bits per heavy atom. The first-order chi connectivity index (χ1) is 5.74. The summed E-state index contributed by atoms with van der Waals surface area (Å²) in [6, 6.07) is 0. The van der Waals surface area contributed by atoms with Gasteiger partial charge in [-0.3, -0.25) is 4.79 Å². The lowest BCUT2D eigenvalue weighted by atomic mass is 10.1. The maximum atomic E-state index is 11.2. The number of likely N-dealkylation sites (tertiary alicyclic amines) is 1. The molecule has 0 unspecified atom stereocenters. The Labute approximate surface area is 72.4 Å². The third-order valence-electron chi connectivity index (χ3n) is 1.98. The molecular weight excluding hydrogens is 154 g/mol. The molecule has 3 nitrogen and oxygen atoms in total. The zero-order valence-corrected chi connectivity index (χ0v) is 7.21. The molecule has 0 spiro atoms. The molecular formula is C9H13NO2. The van der Waals surface area contributed by atoms with Crippen LogP contribution in [0.15, 0.2) is 0 Å². The SMILES string of the molecule is CC#CC(=O)N1CCC(O)CC1. The second kappa shape index (κ2) is 4.13. The molecule has 1 aliphatic heterocycles. The second-order valence-corrected chi connectivity index (χ2v) is 2.90. The van der Waals surface area contributed by atoms with Gasteiger partial charge < -0.3 is 10.0 Å². The first kappa shape index (κ1) is 9.08. The summed E-state index contributed by atoms with van der Waals surface area (Å²) in [6.45, 7) is 2.92. The van der Waals surface area contributed by atoms with Crippen molar-refractivity contribution < 1.29 is 9.90 Å². The molecule has 1 rings (SSSR count). The van der Waals surface area contributed by atoms with E-state index < -0.39 is 0 Å². The van der Waals surface area contributed by atoms with E-state index in [0.29, 0.717) is 25.9 Å². The van der Waals surface area contributed by atoms with E-state index in [2.05, 4.69) is 11.8 Å². The highest BCUT2D eigenvalue weighted by atomic mass is 16.3. The summed E-state index contributed by atoms with van der Waals surface area (Å²) >= 11 is 0. The van der Waals surface area contributed by atoms with Gasteiger partial charge in [0.25, 0.3) is 5.91 Å². The van der Waals surface area contributed by atoms with Crippen LogP contribution in [0.2, 0.25) is 0 Å². The van der Waals surface area contributed by atoms with Crippen molar-refractivity contribution in [3.8, 4) is 11.8 Å². The summed E-state index contributed by atoms with van der Waals surface area (Å²) in [5, 5.41) is 9.16. The number of carbonyl (C=O) groups excluding carboxylic acids is 1. The fourth-order valence-electron chi connectivity index (χ4n) is 1.25. The van der Waals surface area contributed by atoms with Gasteiger partial charge in [-0.1, -0.05) is 5.92 Å². The summed E-state index contributed by atoms with van der Waals surface area (Å²) in [6.07, 6.45) is 1.12. The summed E-state index contributed by atoms with van der Waals surface area (Å²) in [5.74, 6) is 4.94. The number of rotatable bonds is 0. The van der Waals surface area contributed by atoms with Gasteiger partial charge in [0.05, 0.1) is 6.10 Å². The van der Waals surface area contributed by atoms with Gasteiger partial charge in [0.2, 0.25) is 0 Å². The molecule has 0 aliphatic carbocycles. The van der Waals surface area contributed by atoms with E-state index in [1.165, 1.54) is 0 Å². The number of aliphatic hydroxyl groups excluding tert-OH is 1. The van der Waals surface area contributed by atoms with E-state index >= 15 is 0 Å². The predicted octanol–water partition coefficient (Wildman–Crippen LogP) is -0.00700. The average Bonchev–Trinajstić information content (AvgIpc) is 2.06. The maximum Gasteiger partial charge on any atom is 0.298 e. The van der Waals surface area contributed by atoms with Crippen LogP contribution in [0, 0.1) is 11.8 Å². The maximum absolute atomic E-state index is 11.2. The molecule has 0 radical (unpaired) electrons. The monoisotopic (exact) mass is 167 g/mol. The van der Waals surface area contributed by atoms with Crippen LogP contribution in [0.1, 0.15) is 19.8 Å². The first-order valence-corrected chi connectivity index (χ1v) is 4.13. The van der Waals surface area contributed by atoms with Crippen LogP contribution in [0.4, 0.5) is 0 Å². The van der Waals surface area contributed by atoms with Gasteiger partial charge in [-0.15, -0.1) is 0 Å². The van der Waals surface area contributed by atoms with Crippen molar-refractivity contribution in [2.75, 3.05) is 13.1 Å². The molecule has 1 amide bonds. The minimum Gasteiger partial charge on any atom is -0.393 e. The van der Waals surface area contributed by atoms with Crippen molar-refractivity contribution in [2.45, 2.75) is 25.9 Å². The topological polar surface area (TPSA) is 40.5 Å². The van der Waals surface area contributed by atoms with Crippen molar-refractivity contribution in [1.29, 1.82) is 0 Å². The zero-order valence-electron chi connectivity index (χ0n) is 7.21. The van der Waals surface area contributed by atoms with Crippen LogP contribution < -0.4 is 0 Å². The lowest BCUT2D eigenvalue weighted by Gasteiger charge is -2.27. The lowest BCUT2D eigenvalue weighted by molar-refractivity contribution is -0.127. The smallest absolute Gasteiger partial charge is 0.298 e. The Kier molecular flexibility index (Phi) is 3.12. The minimum absolute atomic E-state index is 0.121. The van der Waals surface area contributed by atoms with Crippen LogP contribution in [0.25, 0.3) is 0 Å².